The fourth-order valence-corrected chi connectivity index (χ4v) is 5.65. The summed E-state index contributed by atoms with van der Waals surface area (Å²) in [6.07, 6.45) is 3.17. The van der Waals surface area contributed by atoms with Gasteiger partial charge >= 0.3 is 37.7 Å². The van der Waals surface area contributed by atoms with E-state index >= 15 is 0 Å². The van der Waals surface area contributed by atoms with Gasteiger partial charge in [0, 0.05) is 0 Å². The van der Waals surface area contributed by atoms with Crippen molar-refractivity contribution in [2.45, 2.75) is 63.2 Å². The number of rotatable bonds is 6. The van der Waals surface area contributed by atoms with Crippen LogP contribution in [0.15, 0.2) is 70.5 Å². The van der Waals surface area contributed by atoms with Gasteiger partial charge in [-0.1, -0.05) is 76.2 Å². The smallest absolute Gasteiger partial charge is 0.744 e. The Morgan fingerprint density at radius 1 is 0.514 bits per heavy atom. The Bertz CT molecular complexity index is 1490. The summed E-state index contributed by atoms with van der Waals surface area (Å²) in [5.41, 5.74) is 3.99. The molecule has 37 heavy (non-hydrogen) atoms. The Balaban J connectivity index is 0.000000253. The minimum atomic E-state index is -4.43. The van der Waals surface area contributed by atoms with Crippen LogP contribution in [0.2, 0.25) is 0 Å². The number of aryl methyl sites for hydroxylation is 4. The molecule has 0 bridgehead atoms. The van der Waals surface area contributed by atoms with Crippen molar-refractivity contribution in [1.82, 2.24) is 0 Å². The van der Waals surface area contributed by atoms with Gasteiger partial charge in [-0.25, -0.2) is 16.8 Å². The van der Waals surface area contributed by atoms with Gasteiger partial charge in [0.15, 0.2) is 0 Å². The van der Waals surface area contributed by atoms with Crippen molar-refractivity contribution in [3.63, 3.8) is 0 Å². The first-order chi connectivity index (χ1) is 16.9. The van der Waals surface area contributed by atoms with E-state index in [9.17, 15) is 25.9 Å². The van der Waals surface area contributed by atoms with Gasteiger partial charge < -0.3 is 9.11 Å². The zero-order valence-electron chi connectivity index (χ0n) is 21.6. The van der Waals surface area contributed by atoms with Crippen LogP contribution < -0.4 is 0 Å². The van der Waals surface area contributed by atoms with Gasteiger partial charge in [0.1, 0.15) is 20.2 Å². The van der Waals surface area contributed by atoms with Crippen molar-refractivity contribution < 1.29 is 25.9 Å². The molecule has 4 aromatic carbocycles. The molecule has 0 heterocycles. The summed E-state index contributed by atoms with van der Waals surface area (Å²) in [6, 6.07) is 17.9. The van der Waals surface area contributed by atoms with Crippen molar-refractivity contribution in [3.05, 3.63) is 82.9 Å². The molecule has 4 aromatic rings. The minimum absolute atomic E-state index is 0. The third kappa shape index (κ3) is 7.76. The Kier molecular flexibility index (Phi) is 11.2. The monoisotopic (exact) mass is 566 g/mol. The van der Waals surface area contributed by atoms with Crippen LogP contribution in [-0.2, 0) is 45.9 Å². The molecule has 0 N–H and O–H groups in total. The van der Waals surface area contributed by atoms with Gasteiger partial charge in [-0.2, -0.15) is 0 Å². The predicted molar refractivity (Wildman–Crippen MR) is 147 cm³/mol. The third-order valence-electron chi connectivity index (χ3n) is 6.25. The summed E-state index contributed by atoms with van der Waals surface area (Å²) in [5, 5.41) is 2.67. The molecule has 0 amide bonds. The third-order valence-corrected chi connectivity index (χ3v) is 8.00. The molecule has 0 aliphatic rings. The van der Waals surface area contributed by atoms with E-state index in [1.54, 1.807) is 12.1 Å². The molecule has 0 radical (unpaired) electrons. The molecule has 4 rings (SSSR count). The van der Waals surface area contributed by atoms with Gasteiger partial charge in [0.2, 0.25) is 0 Å². The van der Waals surface area contributed by atoms with Gasteiger partial charge in [-0.3, -0.25) is 0 Å². The molecule has 0 saturated heterocycles. The van der Waals surface area contributed by atoms with Crippen LogP contribution in [0.4, 0.5) is 0 Å². The average Bonchev–Trinajstić information content (AvgIpc) is 2.85. The van der Waals surface area contributed by atoms with Gasteiger partial charge in [0.25, 0.3) is 0 Å². The zero-order chi connectivity index (χ0) is 26.7. The molecule has 0 spiro atoms. The molecule has 9 heteroatoms. The molecular weight excluding hydrogens is 537 g/mol. The van der Waals surface area contributed by atoms with E-state index in [1.165, 1.54) is 12.1 Å². The molecule has 6 nitrogen and oxygen atoms in total. The second-order valence-electron chi connectivity index (χ2n) is 8.62. The Morgan fingerprint density at radius 3 is 1.08 bits per heavy atom. The summed E-state index contributed by atoms with van der Waals surface area (Å²) >= 11 is 0. The molecular formula is C28H30CaO6S2. The molecule has 0 unspecified atom stereocenters. The van der Waals surface area contributed by atoms with E-state index in [-0.39, 0.29) is 47.5 Å². The van der Waals surface area contributed by atoms with E-state index in [2.05, 4.69) is 0 Å². The summed E-state index contributed by atoms with van der Waals surface area (Å²) < 4.78 is 67.9. The molecule has 0 atom stereocenters. The van der Waals surface area contributed by atoms with Crippen LogP contribution >= 0.6 is 0 Å². The van der Waals surface area contributed by atoms with Gasteiger partial charge in [-0.05, 0) is 81.6 Å². The second-order valence-corrected chi connectivity index (χ2v) is 11.3. The summed E-state index contributed by atoms with van der Waals surface area (Å²) in [7, 11) is -8.86. The van der Waals surface area contributed by atoms with Crippen LogP contribution in [0.3, 0.4) is 0 Å². The Morgan fingerprint density at radius 2 is 0.811 bits per heavy atom. The van der Waals surface area contributed by atoms with Gasteiger partial charge in [0.05, 0.1) is 9.79 Å². The summed E-state index contributed by atoms with van der Waals surface area (Å²) in [6.45, 7) is 7.95. The predicted octanol–water partition coefficient (Wildman–Crippen LogP) is 5.36. The molecule has 0 aliphatic heterocycles. The summed E-state index contributed by atoms with van der Waals surface area (Å²) in [5.74, 6) is 0. The van der Waals surface area contributed by atoms with Crippen LogP contribution in [0.1, 0.15) is 49.9 Å². The fourth-order valence-electron chi connectivity index (χ4n) is 4.15. The first kappa shape index (κ1) is 31.7. The molecule has 0 fully saturated rings. The number of benzene rings is 4. The topological polar surface area (TPSA) is 114 Å². The van der Waals surface area contributed by atoms with Crippen LogP contribution in [0.25, 0.3) is 21.5 Å². The zero-order valence-corrected chi connectivity index (χ0v) is 25.4. The summed E-state index contributed by atoms with van der Waals surface area (Å²) in [4.78, 5) is -0.223. The minimum Gasteiger partial charge on any atom is -0.744 e. The van der Waals surface area contributed by atoms with Crippen molar-refractivity contribution in [2.75, 3.05) is 0 Å². The Hall–Kier alpha value is -1.52. The van der Waals surface area contributed by atoms with Crippen LogP contribution in [0, 0.1) is 0 Å². The normalized spacial score (nSPS) is 11.6. The maximum Gasteiger partial charge on any atom is 2.00 e. The van der Waals surface area contributed by atoms with E-state index in [0.717, 1.165) is 45.9 Å². The van der Waals surface area contributed by atoms with E-state index in [1.807, 2.05) is 64.1 Å². The standard InChI is InChI=1S/2C14H16O3S.Ca/c2*1-3-10-5-6-13-12(7-10)8-11(4-2)9-14(13)18(15,16)17;/h2*5-9H,3-4H2,1-2H3,(H,15,16,17);/q;;+2/p-2. The molecule has 0 saturated carbocycles. The van der Waals surface area contributed by atoms with Crippen molar-refractivity contribution in [2.24, 2.45) is 0 Å². The average molecular weight is 567 g/mol. The van der Waals surface area contributed by atoms with E-state index in [4.69, 9.17) is 0 Å². The largest absolute Gasteiger partial charge is 2.00 e. The van der Waals surface area contributed by atoms with E-state index < -0.39 is 20.2 Å². The maximum atomic E-state index is 11.3. The van der Waals surface area contributed by atoms with Gasteiger partial charge in [-0.15, -0.1) is 0 Å². The second kappa shape index (κ2) is 13.0. The molecule has 192 valence electrons. The van der Waals surface area contributed by atoms with Crippen LogP contribution in [0.5, 0.6) is 0 Å². The number of hydrogen-bond acceptors (Lipinski definition) is 6. The molecule has 0 aliphatic carbocycles. The first-order valence-corrected chi connectivity index (χ1v) is 14.8. The molecule has 0 aromatic heterocycles. The van der Waals surface area contributed by atoms with Crippen LogP contribution in [-0.4, -0.2) is 63.7 Å². The first-order valence-electron chi connectivity index (χ1n) is 11.9. The maximum absolute atomic E-state index is 11.3. The van der Waals surface area contributed by atoms with Crippen molar-refractivity contribution >= 4 is 79.5 Å². The van der Waals surface area contributed by atoms with Crippen molar-refractivity contribution in [3.8, 4) is 0 Å². The number of fused-ring (bicyclic) bond motifs is 2. The fraction of sp³-hybridized carbons (Fsp3) is 0.286. The number of hydrogen-bond donors (Lipinski definition) is 0. The quantitative estimate of drug-likeness (QED) is 0.229. The Labute approximate surface area is 249 Å². The van der Waals surface area contributed by atoms with Crippen molar-refractivity contribution in [1.29, 1.82) is 0 Å². The SMILES string of the molecule is CCc1ccc2c(S(=O)(=O)[O-])cc(CC)cc2c1.CCc1ccc2c(S(=O)(=O)[O-])cc(CC)cc2c1.[Ca+2]. The van der Waals surface area contributed by atoms with E-state index in [0.29, 0.717) is 23.6 Å².